The molecular weight excluding hydrogens is 1120 g/mol. The van der Waals surface area contributed by atoms with Gasteiger partial charge >= 0.3 is 11.9 Å². The zero-order valence-corrected chi connectivity index (χ0v) is 56.7. The van der Waals surface area contributed by atoms with Gasteiger partial charge in [0.2, 0.25) is 0 Å². The Morgan fingerprint density at radius 3 is 0.789 bits per heavy atom. The van der Waals surface area contributed by atoms with Crippen molar-refractivity contribution in [3.05, 3.63) is 131 Å². The molecule has 9 nitrogen and oxygen atoms in total. The number of rotatable bonds is 54. The molecule has 0 N–H and O–H groups in total. The van der Waals surface area contributed by atoms with Crippen LogP contribution in [0.25, 0.3) is 22.3 Å². The maximum Gasteiger partial charge on any atom is 0.343 e. The van der Waals surface area contributed by atoms with E-state index in [-0.39, 0.29) is 5.43 Å². The number of carbonyl (C=O) groups is 2. The molecule has 5 aromatic carbocycles. The van der Waals surface area contributed by atoms with Crippen molar-refractivity contribution in [2.24, 2.45) is 0 Å². The third-order valence-electron chi connectivity index (χ3n) is 17.3. The van der Waals surface area contributed by atoms with Gasteiger partial charge in [0.05, 0.1) is 37.6 Å². The summed E-state index contributed by atoms with van der Waals surface area (Å²) in [5.74, 6) is 2.11. The van der Waals surface area contributed by atoms with Crippen LogP contribution in [0.5, 0.6) is 34.5 Å². The third-order valence-corrected chi connectivity index (χ3v) is 17.3. The van der Waals surface area contributed by atoms with E-state index >= 15 is 0 Å². The Bertz CT molecular complexity index is 2530. The van der Waals surface area contributed by atoms with E-state index in [0.29, 0.717) is 94.3 Å². The number of esters is 2. The van der Waals surface area contributed by atoms with Crippen molar-refractivity contribution in [3.8, 4) is 56.8 Å². The Morgan fingerprint density at radius 1 is 0.278 bits per heavy atom. The molecule has 5 aromatic rings. The number of ether oxygens (including phenoxy) is 6. The lowest BCUT2D eigenvalue weighted by atomic mass is 10.0. The molecule has 0 aliphatic rings. The minimum absolute atomic E-state index is 0.170. The van der Waals surface area contributed by atoms with Crippen molar-refractivity contribution in [2.45, 2.75) is 285 Å². The lowest BCUT2D eigenvalue weighted by molar-refractivity contribution is 0.0724. The fourth-order valence-electron chi connectivity index (χ4n) is 11.6. The summed E-state index contributed by atoms with van der Waals surface area (Å²) in [6.45, 7) is 11.3. The standard InChI is InChI=1S/C81H118O9/c1-5-9-13-17-21-25-29-33-37-43-61-85-75-59-53-69(65-77(75)87-63-45-39-35-31-27-23-19-15-11-7-3)80(83)89-71-55-49-67(50-56-71)73-47-41-42-48-74(79(73)82)68-51-57-72(58-52-68)90-81(84)70-54-60-76(86-62-44-38-34-30-26-22-18-14-10-6-2)78(66-70)88-64-46-40-36-32-28-24-20-16-12-8-4/h41-42,47-60,65-66H,5-40,43-46,61-64H2,1-4H3. The molecule has 0 bridgehead atoms. The second kappa shape index (κ2) is 48.7. The Hall–Kier alpha value is -6.09. The van der Waals surface area contributed by atoms with Gasteiger partial charge in [0, 0.05) is 11.1 Å². The molecule has 496 valence electrons. The SMILES string of the molecule is CCCCCCCCCCCCOc1ccc(C(=O)Oc2ccc(-c3ccccc(-c4ccc(OC(=O)c5ccc(OCCCCCCCCCCCC)c(OCCCCCCCCCCCC)c5)cc4)c3=O)cc2)cc1OCCCCCCCCCCCC. The van der Waals surface area contributed by atoms with Gasteiger partial charge in [0.25, 0.3) is 0 Å². The maximum absolute atomic E-state index is 14.3. The quantitative estimate of drug-likeness (QED) is 0.0214. The molecule has 0 unspecified atom stereocenters. The Morgan fingerprint density at radius 2 is 0.522 bits per heavy atom. The predicted octanol–water partition coefficient (Wildman–Crippen LogP) is 24.0. The highest BCUT2D eigenvalue weighted by molar-refractivity contribution is 5.92. The molecule has 0 aliphatic heterocycles. The van der Waals surface area contributed by atoms with Gasteiger partial charge in [0.15, 0.2) is 28.4 Å². The molecule has 5 rings (SSSR count). The van der Waals surface area contributed by atoms with E-state index in [2.05, 4.69) is 27.7 Å². The van der Waals surface area contributed by atoms with E-state index in [9.17, 15) is 14.4 Å². The third kappa shape index (κ3) is 31.3. The summed E-state index contributed by atoms with van der Waals surface area (Å²) in [5, 5.41) is 0. The van der Waals surface area contributed by atoms with E-state index in [0.717, 1.165) is 51.4 Å². The van der Waals surface area contributed by atoms with Crippen LogP contribution in [0.2, 0.25) is 0 Å². The van der Waals surface area contributed by atoms with Gasteiger partial charge < -0.3 is 28.4 Å². The molecule has 0 atom stereocenters. The van der Waals surface area contributed by atoms with Gasteiger partial charge in [-0.05, 0) is 97.5 Å². The largest absolute Gasteiger partial charge is 0.490 e. The minimum Gasteiger partial charge on any atom is -0.490 e. The fourth-order valence-corrected chi connectivity index (χ4v) is 11.6. The van der Waals surface area contributed by atoms with Crippen LogP contribution < -0.4 is 33.8 Å². The molecule has 0 heterocycles. The molecule has 9 heteroatoms. The predicted molar refractivity (Wildman–Crippen MR) is 376 cm³/mol. The summed E-state index contributed by atoms with van der Waals surface area (Å²) >= 11 is 0. The van der Waals surface area contributed by atoms with Crippen LogP contribution in [0.3, 0.4) is 0 Å². The van der Waals surface area contributed by atoms with Crippen molar-refractivity contribution in [3.63, 3.8) is 0 Å². The van der Waals surface area contributed by atoms with Crippen molar-refractivity contribution in [1.29, 1.82) is 0 Å². The molecular formula is C81H118O9. The average Bonchev–Trinajstić information content (AvgIpc) is 2.14. The first-order valence-electron chi connectivity index (χ1n) is 36.4. The molecule has 90 heavy (non-hydrogen) atoms. The highest BCUT2D eigenvalue weighted by atomic mass is 16.5. The molecule has 0 fully saturated rings. The van der Waals surface area contributed by atoms with Crippen LogP contribution in [0.1, 0.15) is 305 Å². The second-order valence-corrected chi connectivity index (χ2v) is 25.1. The summed E-state index contributed by atoms with van der Waals surface area (Å²) in [7, 11) is 0. The van der Waals surface area contributed by atoms with Crippen molar-refractivity contribution >= 4 is 11.9 Å². The average molecular weight is 1240 g/mol. The van der Waals surface area contributed by atoms with Crippen LogP contribution in [0.4, 0.5) is 0 Å². The van der Waals surface area contributed by atoms with E-state index in [1.54, 1.807) is 84.9 Å². The fraction of sp³-hybridized carbons (Fsp3) is 0.593. The first kappa shape index (κ1) is 74.6. The summed E-state index contributed by atoms with van der Waals surface area (Å²) in [5.41, 5.74) is 2.90. The van der Waals surface area contributed by atoms with Gasteiger partial charge in [-0.25, -0.2) is 9.59 Å². The van der Waals surface area contributed by atoms with Gasteiger partial charge in [-0.1, -0.05) is 307 Å². The van der Waals surface area contributed by atoms with Crippen LogP contribution in [0.15, 0.2) is 114 Å². The first-order chi connectivity index (χ1) is 44.3. The normalized spacial score (nSPS) is 11.2. The Labute approximate surface area is 545 Å². The smallest absolute Gasteiger partial charge is 0.343 e. The number of carbonyl (C=O) groups excluding carboxylic acids is 2. The van der Waals surface area contributed by atoms with E-state index < -0.39 is 11.9 Å². The van der Waals surface area contributed by atoms with Gasteiger partial charge in [0.1, 0.15) is 11.5 Å². The van der Waals surface area contributed by atoms with E-state index in [4.69, 9.17) is 28.4 Å². The minimum atomic E-state index is -0.508. The molecule has 0 aliphatic carbocycles. The summed E-state index contributed by atoms with van der Waals surface area (Å²) in [6, 6.07) is 31.9. The second-order valence-electron chi connectivity index (χ2n) is 25.1. The van der Waals surface area contributed by atoms with Gasteiger partial charge in [-0.15, -0.1) is 0 Å². The van der Waals surface area contributed by atoms with Crippen molar-refractivity contribution in [1.82, 2.24) is 0 Å². The number of unbranched alkanes of at least 4 members (excludes halogenated alkanes) is 36. The lowest BCUT2D eigenvalue weighted by Gasteiger charge is -2.14. The molecule has 0 saturated heterocycles. The Balaban J connectivity index is 1.17. The first-order valence-corrected chi connectivity index (χ1v) is 36.4. The summed E-state index contributed by atoms with van der Waals surface area (Å²) < 4.78 is 37.1. The topological polar surface area (TPSA) is 107 Å². The Kier molecular flexibility index (Phi) is 40.4. The van der Waals surface area contributed by atoms with E-state index in [1.165, 1.54) is 205 Å². The summed E-state index contributed by atoms with van der Waals surface area (Å²) in [6.07, 6.45) is 49.9. The van der Waals surface area contributed by atoms with E-state index in [1.807, 2.05) is 24.3 Å². The number of hydrogen-bond acceptors (Lipinski definition) is 9. The highest BCUT2D eigenvalue weighted by Crippen LogP contribution is 2.33. The van der Waals surface area contributed by atoms with Crippen molar-refractivity contribution < 1.29 is 38.0 Å². The van der Waals surface area contributed by atoms with Gasteiger partial charge in [-0.3, -0.25) is 4.79 Å². The molecule has 0 radical (unpaired) electrons. The van der Waals surface area contributed by atoms with Crippen LogP contribution >= 0.6 is 0 Å². The summed E-state index contributed by atoms with van der Waals surface area (Å²) in [4.78, 5) is 41.7. The molecule has 0 spiro atoms. The lowest BCUT2D eigenvalue weighted by Crippen LogP contribution is -2.10. The monoisotopic (exact) mass is 1230 g/mol. The zero-order chi connectivity index (χ0) is 63.7. The molecule has 0 aromatic heterocycles. The molecule has 0 amide bonds. The van der Waals surface area contributed by atoms with Crippen LogP contribution in [-0.2, 0) is 0 Å². The van der Waals surface area contributed by atoms with Crippen molar-refractivity contribution in [2.75, 3.05) is 26.4 Å². The zero-order valence-electron chi connectivity index (χ0n) is 56.7. The van der Waals surface area contributed by atoms with Crippen LogP contribution in [-0.4, -0.2) is 38.4 Å². The van der Waals surface area contributed by atoms with Gasteiger partial charge in [-0.2, -0.15) is 0 Å². The molecule has 0 saturated carbocycles. The number of hydrogen-bond donors (Lipinski definition) is 0. The highest BCUT2D eigenvalue weighted by Gasteiger charge is 2.18. The maximum atomic E-state index is 14.3. The number of benzene rings is 4. The van der Waals surface area contributed by atoms with Crippen LogP contribution in [0, 0.1) is 0 Å².